The zero-order valence-electron chi connectivity index (χ0n) is 13.7. The summed E-state index contributed by atoms with van der Waals surface area (Å²) in [4.78, 5) is 17.5. The Morgan fingerprint density at radius 3 is 2.52 bits per heavy atom. The van der Waals surface area contributed by atoms with Gasteiger partial charge in [-0.1, -0.05) is 29.0 Å². The number of furan rings is 2. The van der Waals surface area contributed by atoms with Crippen molar-refractivity contribution in [2.75, 3.05) is 5.32 Å². The smallest absolute Gasteiger partial charge is 0.230 e. The van der Waals surface area contributed by atoms with E-state index >= 15 is 0 Å². The number of carbonyl (C=O) groups is 1. The first-order valence-corrected chi connectivity index (χ1v) is 9.12. The van der Waals surface area contributed by atoms with Gasteiger partial charge in [-0.2, -0.15) is 0 Å². The number of halogens is 2. The molecule has 4 aromatic rings. The Hall–Kier alpha value is -2.90. The van der Waals surface area contributed by atoms with E-state index in [0.717, 1.165) is 0 Å². The van der Waals surface area contributed by atoms with E-state index in [4.69, 9.17) is 20.4 Å². The van der Waals surface area contributed by atoms with Crippen LogP contribution in [0.15, 0.2) is 63.8 Å². The summed E-state index contributed by atoms with van der Waals surface area (Å²) in [5.41, 5.74) is 0.699. The first kappa shape index (κ1) is 17.5. The minimum absolute atomic E-state index is 0.144. The number of amides is 1. The maximum absolute atomic E-state index is 13.9. The lowest BCUT2D eigenvalue weighted by Crippen LogP contribution is -2.15. The third kappa shape index (κ3) is 3.65. The van der Waals surface area contributed by atoms with E-state index in [0.29, 0.717) is 27.2 Å². The molecule has 3 aromatic heterocycles. The van der Waals surface area contributed by atoms with Crippen molar-refractivity contribution in [2.24, 2.45) is 0 Å². The average Bonchev–Trinajstić information content (AvgIpc) is 3.38. The fourth-order valence-corrected chi connectivity index (χ4v) is 3.74. The van der Waals surface area contributed by atoms with Gasteiger partial charge in [0.1, 0.15) is 22.1 Å². The standard InChI is InChI=1S/C19H12ClFN2O3S/c20-12-4-1-5-13(21)11(12)10-16(24)22-19-23-17(14-6-2-8-25-14)18(27-19)15-7-3-9-26-15/h1-9H,10H2,(H,22,23,24). The highest BCUT2D eigenvalue weighted by Crippen LogP contribution is 2.39. The predicted molar refractivity (Wildman–Crippen MR) is 101 cm³/mol. The molecule has 0 atom stereocenters. The van der Waals surface area contributed by atoms with Crippen LogP contribution in [0.1, 0.15) is 5.56 Å². The molecule has 4 rings (SSSR count). The molecule has 0 bridgehead atoms. The number of aromatic nitrogens is 1. The van der Waals surface area contributed by atoms with E-state index in [1.54, 1.807) is 42.9 Å². The van der Waals surface area contributed by atoms with E-state index in [1.807, 2.05) is 0 Å². The van der Waals surface area contributed by atoms with E-state index < -0.39 is 11.7 Å². The van der Waals surface area contributed by atoms with Crippen molar-refractivity contribution in [1.29, 1.82) is 0 Å². The Labute approximate surface area is 162 Å². The summed E-state index contributed by atoms with van der Waals surface area (Å²) >= 11 is 7.22. The number of benzene rings is 1. The minimum Gasteiger partial charge on any atom is -0.463 e. The van der Waals surface area contributed by atoms with E-state index in [9.17, 15) is 9.18 Å². The number of carbonyl (C=O) groups excluding carboxylic acids is 1. The molecule has 0 aliphatic heterocycles. The fourth-order valence-electron chi connectivity index (χ4n) is 2.55. The number of thiazole rings is 1. The summed E-state index contributed by atoms with van der Waals surface area (Å²) in [5, 5.41) is 3.25. The monoisotopic (exact) mass is 402 g/mol. The topological polar surface area (TPSA) is 68.3 Å². The number of hydrogen-bond acceptors (Lipinski definition) is 5. The van der Waals surface area contributed by atoms with Crippen molar-refractivity contribution in [3.05, 3.63) is 71.4 Å². The van der Waals surface area contributed by atoms with Gasteiger partial charge in [-0.3, -0.25) is 4.79 Å². The van der Waals surface area contributed by atoms with Crippen molar-refractivity contribution in [1.82, 2.24) is 4.98 Å². The molecule has 0 fully saturated rings. The molecule has 1 N–H and O–H groups in total. The normalized spacial score (nSPS) is 10.9. The molecule has 0 unspecified atom stereocenters. The number of nitrogens with zero attached hydrogens (tertiary/aromatic N) is 1. The van der Waals surface area contributed by atoms with Gasteiger partial charge in [0.05, 0.1) is 18.9 Å². The van der Waals surface area contributed by atoms with Gasteiger partial charge in [0.25, 0.3) is 0 Å². The van der Waals surface area contributed by atoms with Crippen LogP contribution in [0.2, 0.25) is 5.02 Å². The van der Waals surface area contributed by atoms with Crippen molar-refractivity contribution >= 4 is 34.0 Å². The molecular formula is C19H12ClFN2O3S. The van der Waals surface area contributed by atoms with Crippen LogP contribution in [0.3, 0.4) is 0 Å². The van der Waals surface area contributed by atoms with Crippen LogP contribution in [0.4, 0.5) is 9.52 Å². The quantitative estimate of drug-likeness (QED) is 0.469. The summed E-state index contributed by atoms with van der Waals surface area (Å²) in [6, 6.07) is 11.4. The molecule has 5 nitrogen and oxygen atoms in total. The van der Waals surface area contributed by atoms with E-state index in [2.05, 4.69) is 10.3 Å². The maximum Gasteiger partial charge on any atom is 0.230 e. The van der Waals surface area contributed by atoms with Gasteiger partial charge in [0, 0.05) is 10.6 Å². The molecule has 0 saturated heterocycles. The molecule has 1 aromatic carbocycles. The Kier molecular flexibility index (Phi) is 4.79. The molecule has 136 valence electrons. The first-order chi connectivity index (χ1) is 13.1. The van der Waals surface area contributed by atoms with Crippen LogP contribution < -0.4 is 5.32 Å². The van der Waals surface area contributed by atoms with Gasteiger partial charge >= 0.3 is 0 Å². The van der Waals surface area contributed by atoms with Crippen molar-refractivity contribution in [2.45, 2.75) is 6.42 Å². The Morgan fingerprint density at radius 2 is 1.85 bits per heavy atom. The molecule has 1 amide bonds. The van der Waals surface area contributed by atoms with E-state index in [-0.39, 0.29) is 17.0 Å². The number of rotatable bonds is 5. The van der Waals surface area contributed by atoms with Gasteiger partial charge < -0.3 is 14.2 Å². The zero-order valence-corrected chi connectivity index (χ0v) is 15.3. The van der Waals surface area contributed by atoms with Crippen molar-refractivity contribution in [3.63, 3.8) is 0 Å². The molecule has 8 heteroatoms. The highest BCUT2D eigenvalue weighted by molar-refractivity contribution is 7.19. The number of nitrogens with one attached hydrogen (secondary N) is 1. The summed E-state index contributed by atoms with van der Waals surface area (Å²) < 4.78 is 24.8. The van der Waals surface area contributed by atoms with Crippen LogP contribution in [-0.2, 0) is 11.2 Å². The van der Waals surface area contributed by atoms with Crippen LogP contribution in [0, 0.1) is 5.82 Å². The summed E-state index contributed by atoms with van der Waals surface area (Å²) in [7, 11) is 0. The predicted octanol–water partition coefficient (Wildman–Crippen LogP) is 5.64. The molecule has 0 saturated carbocycles. The van der Waals surface area contributed by atoms with Crippen LogP contribution in [0.25, 0.3) is 22.1 Å². The third-order valence-electron chi connectivity index (χ3n) is 3.77. The van der Waals surface area contributed by atoms with Gasteiger partial charge in [0.15, 0.2) is 10.9 Å². The molecular weight excluding hydrogens is 391 g/mol. The molecule has 0 radical (unpaired) electrons. The Bertz CT molecular complexity index is 1000. The highest BCUT2D eigenvalue weighted by Gasteiger charge is 2.20. The van der Waals surface area contributed by atoms with Gasteiger partial charge in [-0.25, -0.2) is 9.37 Å². The second-order valence-corrected chi connectivity index (χ2v) is 6.98. The minimum atomic E-state index is -0.524. The second kappa shape index (κ2) is 7.38. The van der Waals surface area contributed by atoms with Gasteiger partial charge in [0.2, 0.25) is 5.91 Å². The largest absolute Gasteiger partial charge is 0.463 e. The molecule has 0 spiro atoms. The zero-order chi connectivity index (χ0) is 18.8. The Balaban J connectivity index is 1.61. The fraction of sp³-hybridized carbons (Fsp3) is 0.0526. The summed E-state index contributed by atoms with van der Waals surface area (Å²) in [6.45, 7) is 0. The average molecular weight is 403 g/mol. The SMILES string of the molecule is O=C(Cc1c(F)cccc1Cl)Nc1nc(-c2ccco2)c(-c2ccco2)s1. The third-order valence-corrected chi connectivity index (χ3v) is 5.11. The lowest BCUT2D eigenvalue weighted by molar-refractivity contribution is -0.115. The van der Waals surface area contributed by atoms with Crippen LogP contribution in [0.5, 0.6) is 0 Å². The lowest BCUT2D eigenvalue weighted by atomic mass is 10.1. The van der Waals surface area contributed by atoms with Crippen LogP contribution in [-0.4, -0.2) is 10.9 Å². The molecule has 0 aliphatic rings. The summed E-state index contributed by atoms with van der Waals surface area (Å²) in [6.07, 6.45) is 2.90. The Morgan fingerprint density at radius 1 is 1.11 bits per heavy atom. The molecule has 3 heterocycles. The van der Waals surface area contributed by atoms with Crippen LogP contribution >= 0.6 is 22.9 Å². The number of anilines is 1. The first-order valence-electron chi connectivity index (χ1n) is 7.93. The van der Waals surface area contributed by atoms with Crippen molar-refractivity contribution in [3.8, 4) is 22.1 Å². The second-order valence-electron chi connectivity index (χ2n) is 5.58. The van der Waals surface area contributed by atoms with Gasteiger partial charge in [-0.05, 0) is 36.4 Å². The number of hydrogen-bond donors (Lipinski definition) is 1. The van der Waals surface area contributed by atoms with Gasteiger partial charge in [-0.15, -0.1) is 0 Å². The van der Waals surface area contributed by atoms with Crippen molar-refractivity contribution < 1.29 is 18.0 Å². The molecule has 27 heavy (non-hydrogen) atoms. The lowest BCUT2D eigenvalue weighted by Gasteiger charge is -2.05. The maximum atomic E-state index is 13.9. The van der Waals surface area contributed by atoms with E-state index in [1.165, 1.54) is 23.5 Å². The highest BCUT2D eigenvalue weighted by atomic mass is 35.5. The molecule has 0 aliphatic carbocycles. The summed E-state index contributed by atoms with van der Waals surface area (Å²) in [5.74, 6) is 0.212.